The Bertz CT molecular complexity index is 506. The highest BCUT2D eigenvalue weighted by molar-refractivity contribution is 7.84. The minimum Gasteiger partial charge on any atom is -0.251 e. The maximum absolute atomic E-state index is 11.7. The lowest BCUT2D eigenvalue weighted by atomic mass is 9.87. The van der Waals surface area contributed by atoms with Crippen LogP contribution in [-0.4, -0.2) is 13.9 Å². The molecule has 0 fully saturated rings. The fraction of sp³-hybridized carbons (Fsp3) is 0.500. The number of rotatable bonds is 7. The van der Waals surface area contributed by atoms with Gasteiger partial charge in [-0.15, -0.1) is 6.58 Å². The normalized spacial score (nSPS) is 14.8. The Morgan fingerprint density at radius 2 is 2.20 bits per heavy atom. The molecule has 1 unspecified atom stereocenters. The van der Waals surface area contributed by atoms with E-state index in [4.69, 9.17) is 28.3 Å². The predicted molar refractivity (Wildman–Crippen MR) is 87.5 cm³/mol. The van der Waals surface area contributed by atoms with Crippen molar-refractivity contribution in [2.24, 2.45) is 5.14 Å². The first-order chi connectivity index (χ1) is 9.29. The number of nitrogens with zero attached hydrogens (tertiary/aromatic N) is 1. The summed E-state index contributed by atoms with van der Waals surface area (Å²) in [6.07, 6.45) is 5.84. The van der Waals surface area contributed by atoms with Crippen LogP contribution in [0.25, 0.3) is 0 Å². The van der Waals surface area contributed by atoms with E-state index in [0.29, 0.717) is 16.6 Å². The summed E-state index contributed by atoms with van der Waals surface area (Å²) < 4.78 is 11.2. The van der Waals surface area contributed by atoms with E-state index in [2.05, 4.69) is 11.6 Å². The number of pyridine rings is 1. The van der Waals surface area contributed by atoms with Gasteiger partial charge in [-0.05, 0) is 50.7 Å². The molecule has 0 aliphatic rings. The van der Waals surface area contributed by atoms with Crippen molar-refractivity contribution in [2.45, 2.75) is 43.8 Å². The van der Waals surface area contributed by atoms with Crippen molar-refractivity contribution in [1.29, 1.82) is 0 Å². The van der Waals surface area contributed by atoms with Crippen molar-refractivity contribution in [3.8, 4) is 0 Å². The number of hydrogen-bond acceptors (Lipinski definition) is 2. The molecule has 1 aromatic rings. The molecule has 0 radical (unpaired) electrons. The molecule has 0 amide bonds. The van der Waals surface area contributed by atoms with Crippen molar-refractivity contribution in [1.82, 2.24) is 4.98 Å². The van der Waals surface area contributed by atoms with E-state index in [1.54, 1.807) is 6.20 Å². The molecule has 0 spiro atoms. The molecule has 6 heteroatoms. The number of nitrogens with two attached hydrogens (primary N) is 1. The molecule has 0 bridgehead atoms. The summed E-state index contributed by atoms with van der Waals surface area (Å²) in [5, 5.41) is 6.33. The largest absolute Gasteiger partial charge is 0.251 e. The molecule has 1 rings (SSSR count). The first-order valence-electron chi connectivity index (χ1n) is 6.36. The Morgan fingerprint density at radius 3 is 2.75 bits per heavy atom. The Kier molecular flexibility index (Phi) is 6.65. The molecule has 1 aromatic heterocycles. The molecule has 0 saturated carbocycles. The van der Waals surface area contributed by atoms with Crippen LogP contribution < -0.4 is 5.14 Å². The highest BCUT2D eigenvalue weighted by Crippen LogP contribution is 2.37. The van der Waals surface area contributed by atoms with E-state index in [9.17, 15) is 4.21 Å². The standard InChI is InChI=1S/C14H20Cl2N2OS/c1-4-5-6-10(9-14(2,3)20(17)19)11-7-8-18-13(16)12(11)15/h4,7-8,10H,1,5-6,9,17H2,2-3H3/t10-,20?/m1/s1. The monoisotopic (exact) mass is 334 g/mol. The number of halogens is 2. The van der Waals surface area contributed by atoms with Gasteiger partial charge in [0.1, 0.15) is 5.15 Å². The van der Waals surface area contributed by atoms with Crippen molar-refractivity contribution < 1.29 is 4.21 Å². The van der Waals surface area contributed by atoms with Crippen LogP contribution in [0.5, 0.6) is 0 Å². The van der Waals surface area contributed by atoms with Gasteiger partial charge in [0, 0.05) is 6.20 Å². The molecular formula is C14H20Cl2N2OS. The fourth-order valence-corrected chi connectivity index (χ4v) is 2.91. The second-order valence-electron chi connectivity index (χ2n) is 5.33. The van der Waals surface area contributed by atoms with E-state index in [1.807, 2.05) is 26.0 Å². The highest BCUT2D eigenvalue weighted by Gasteiger charge is 2.29. The van der Waals surface area contributed by atoms with Crippen LogP contribution in [-0.2, 0) is 11.0 Å². The number of allylic oxidation sites excluding steroid dienone is 1. The summed E-state index contributed by atoms with van der Waals surface area (Å²) in [4.78, 5) is 3.96. The van der Waals surface area contributed by atoms with Gasteiger partial charge in [-0.2, -0.15) is 0 Å². The van der Waals surface area contributed by atoms with Crippen LogP contribution in [0.15, 0.2) is 24.9 Å². The second kappa shape index (κ2) is 7.55. The van der Waals surface area contributed by atoms with Crippen LogP contribution in [0.4, 0.5) is 0 Å². The Labute approximate surface area is 133 Å². The van der Waals surface area contributed by atoms with Crippen LogP contribution in [0.3, 0.4) is 0 Å². The maximum atomic E-state index is 11.7. The minimum absolute atomic E-state index is 0.114. The molecule has 2 atom stereocenters. The summed E-state index contributed by atoms with van der Waals surface area (Å²) in [5.41, 5.74) is 0.923. The molecule has 20 heavy (non-hydrogen) atoms. The fourth-order valence-electron chi connectivity index (χ4n) is 2.11. The maximum Gasteiger partial charge on any atom is 0.147 e. The van der Waals surface area contributed by atoms with Crippen LogP contribution in [0.2, 0.25) is 10.2 Å². The summed E-state index contributed by atoms with van der Waals surface area (Å²) in [6, 6.07) is 1.86. The minimum atomic E-state index is -1.41. The van der Waals surface area contributed by atoms with Crippen molar-refractivity contribution in [3.05, 3.63) is 40.7 Å². The highest BCUT2D eigenvalue weighted by atomic mass is 35.5. The first kappa shape index (κ1) is 17.6. The molecule has 1 heterocycles. The van der Waals surface area contributed by atoms with Crippen LogP contribution in [0, 0.1) is 0 Å². The average Bonchev–Trinajstić information content (AvgIpc) is 2.37. The SMILES string of the molecule is C=CCC[C@H](CC(C)(C)S(N)=O)c1ccnc(Cl)c1Cl. The van der Waals surface area contributed by atoms with Crippen LogP contribution >= 0.6 is 23.2 Å². The van der Waals surface area contributed by atoms with E-state index in [1.165, 1.54) is 0 Å². The summed E-state index contributed by atoms with van der Waals surface area (Å²) in [6.45, 7) is 7.52. The zero-order valence-corrected chi connectivity index (χ0v) is 14.1. The smallest absolute Gasteiger partial charge is 0.147 e. The van der Waals surface area contributed by atoms with Gasteiger partial charge in [0.05, 0.1) is 20.8 Å². The number of hydrogen-bond donors (Lipinski definition) is 1. The molecule has 0 aliphatic carbocycles. The number of aromatic nitrogens is 1. The van der Waals surface area contributed by atoms with Gasteiger partial charge >= 0.3 is 0 Å². The van der Waals surface area contributed by atoms with Crippen molar-refractivity contribution in [2.75, 3.05) is 0 Å². The molecular weight excluding hydrogens is 315 g/mol. The van der Waals surface area contributed by atoms with E-state index >= 15 is 0 Å². The van der Waals surface area contributed by atoms with Crippen molar-refractivity contribution in [3.63, 3.8) is 0 Å². The topological polar surface area (TPSA) is 56.0 Å². The molecule has 2 N–H and O–H groups in total. The molecule has 0 aromatic carbocycles. The molecule has 112 valence electrons. The van der Waals surface area contributed by atoms with Gasteiger partial charge in [0.25, 0.3) is 0 Å². The summed E-state index contributed by atoms with van der Waals surface area (Å²) >= 11 is 12.2. The van der Waals surface area contributed by atoms with Gasteiger partial charge in [-0.3, -0.25) is 5.14 Å². The Morgan fingerprint density at radius 1 is 1.55 bits per heavy atom. The van der Waals surface area contributed by atoms with Crippen LogP contribution in [0.1, 0.15) is 44.6 Å². The predicted octanol–water partition coefficient (Wildman–Crippen LogP) is 4.23. The third-order valence-corrected chi connectivity index (χ3v) is 5.35. The lowest BCUT2D eigenvalue weighted by Gasteiger charge is -2.28. The quantitative estimate of drug-likeness (QED) is 0.599. The average molecular weight is 335 g/mol. The second-order valence-corrected chi connectivity index (χ2v) is 7.77. The van der Waals surface area contributed by atoms with E-state index < -0.39 is 15.7 Å². The Balaban J connectivity index is 3.09. The summed E-state index contributed by atoms with van der Waals surface area (Å²) in [7, 11) is -1.41. The third kappa shape index (κ3) is 4.55. The van der Waals surface area contributed by atoms with Gasteiger partial charge in [0.15, 0.2) is 0 Å². The van der Waals surface area contributed by atoms with Crippen molar-refractivity contribution >= 4 is 34.2 Å². The zero-order valence-electron chi connectivity index (χ0n) is 11.7. The summed E-state index contributed by atoms with van der Waals surface area (Å²) in [5.74, 6) is 0.114. The molecule has 0 saturated heterocycles. The zero-order chi connectivity index (χ0) is 15.3. The van der Waals surface area contributed by atoms with Gasteiger partial charge in [-0.1, -0.05) is 29.3 Å². The van der Waals surface area contributed by atoms with E-state index in [0.717, 1.165) is 18.4 Å². The Hall–Kier alpha value is -0.420. The third-order valence-electron chi connectivity index (χ3n) is 3.32. The van der Waals surface area contributed by atoms with Gasteiger partial charge < -0.3 is 0 Å². The van der Waals surface area contributed by atoms with Gasteiger partial charge in [0.2, 0.25) is 0 Å². The van der Waals surface area contributed by atoms with Gasteiger partial charge in [-0.25, -0.2) is 9.19 Å². The molecule has 0 aliphatic heterocycles. The lowest BCUT2D eigenvalue weighted by Crippen LogP contribution is -2.33. The van der Waals surface area contributed by atoms with E-state index in [-0.39, 0.29) is 5.92 Å². The molecule has 3 nitrogen and oxygen atoms in total. The first-order valence-corrected chi connectivity index (χ1v) is 8.33. The lowest BCUT2D eigenvalue weighted by molar-refractivity contribution is 0.496.